The zero-order valence-electron chi connectivity index (χ0n) is 11.7. The first-order chi connectivity index (χ1) is 9.74. The van der Waals surface area contributed by atoms with Crippen LogP contribution in [0.25, 0.3) is 0 Å². The molecule has 1 aliphatic heterocycles. The molecule has 1 aromatic rings. The van der Waals surface area contributed by atoms with Gasteiger partial charge in [0.1, 0.15) is 0 Å². The number of carbonyl (C=O) groups excluding carboxylic acids is 1. The second kappa shape index (κ2) is 7.37. The first-order valence-electron chi connectivity index (χ1n) is 6.95. The first kappa shape index (κ1) is 15.0. The minimum Gasteiger partial charge on any atom is -0.326 e. The van der Waals surface area contributed by atoms with Crippen molar-refractivity contribution in [3.63, 3.8) is 0 Å². The van der Waals surface area contributed by atoms with Crippen molar-refractivity contribution in [1.29, 1.82) is 0 Å². The summed E-state index contributed by atoms with van der Waals surface area (Å²) in [6.45, 7) is 2.44. The molecule has 1 aliphatic rings. The predicted octanol–water partition coefficient (Wildman–Crippen LogP) is 2.25. The summed E-state index contributed by atoms with van der Waals surface area (Å²) in [4.78, 5) is 12.2. The average molecular weight is 288 g/mol. The lowest BCUT2D eigenvalue weighted by molar-refractivity contribution is -0.119. The van der Waals surface area contributed by atoms with Gasteiger partial charge >= 0.3 is 0 Å². The van der Waals surface area contributed by atoms with E-state index >= 15 is 0 Å². The van der Waals surface area contributed by atoms with Crippen LogP contribution in [0.4, 0.5) is 5.69 Å². The Bertz CT molecular complexity index is 539. The van der Waals surface area contributed by atoms with Crippen molar-refractivity contribution in [2.75, 3.05) is 23.4 Å². The van der Waals surface area contributed by atoms with E-state index in [2.05, 4.69) is 24.1 Å². The Hall–Kier alpha value is -1.44. The van der Waals surface area contributed by atoms with E-state index in [1.165, 1.54) is 0 Å². The molecule has 0 spiro atoms. The molecule has 106 valence electrons. The average Bonchev–Trinajstić information content (AvgIpc) is 3.00. The summed E-state index contributed by atoms with van der Waals surface area (Å²) in [5, 5.41) is 3.06. The topological polar surface area (TPSA) is 55.1 Å². The minimum absolute atomic E-state index is 0.144. The maximum atomic E-state index is 12.2. The van der Waals surface area contributed by atoms with Crippen LogP contribution in [0.1, 0.15) is 24.5 Å². The van der Waals surface area contributed by atoms with Gasteiger partial charge in [0.2, 0.25) is 5.91 Å². The molecule has 0 aliphatic carbocycles. The third-order valence-electron chi connectivity index (χ3n) is 3.38. The van der Waals surface area contributed by atoms with Crippen LogP contribution in [-0.2, 0) is 11.2 Å². The van der Waals surface area contributed by atoms with Crippen LogP contribution < -0.4 is 11.1 Å². The molecule has 1 heterocycles. The fraction of sp³-hybridized carbons (Fsp3) is 0.438. The van der Waals surface area contributed by atoms with Gasteiger partial charge in [-0.25, -0.2) is 0 Å². The van der Waals surface area contributed by atoms with Crippen molar-refractivity contribution in [2.24, 2.45) is 11.7 Å². The molecule has 0 radical (unpaired) electrons. The molecule has 1 saturated heterocycles. The number of aryl methyl sites for hydroxylation is 1. The van der Waals surface area contributed by atoms with E-state index in [0.717, 1.165) is 41.2 Å². The van der Waals surface area contributed by atoms with Gasteiger partial charge in [-0.05, 0) is 42.4 Å². The van der Waals surface area contributed by atoms with Gasteiger partial charge in [0.15, 0.2) is 0 Å². The number of benzene rings is 1. The van der Waals surface area contributed by atoms with Crippen molar-refractivity contribution < 1.29 is 4.79 Å². The monoisotopic (exact) mass is 288 g/mol. The van der Waals surface area contributed by atoms with Gasteiger partial charge in [0, 0.05) is 22.9 Å². The summed E-state index contributed by atoms with van der Waals surface area (Å²) in [5.41, 5.74) is 8.35. The van der Waals surface area contributed by atoms with Crippen LogP contribution in [0.3, 0.4) is 0 Å². The molecule has 1 fully saturated rings. The maximum Gasteiger partial charge on any atom is 0.228 e. The van der Waals surface area contributed by atoms with Crippen molar-refractivity contribution in [1.82, 2.24) is 0 Å². The number of nitrogens with two attached hydrogens (primary N) is 1. The molecule has 1 unspecified atom stereocenters. The molecule has 3 nitrogen and oxygen atoms in total. The number of hydrogen-bond acceptors (Lipinski definition) is 3. The summed E-state index contributed by atoms with van der Waals surface area (Å²) in [7, 11) is 0. The van der Waals surface area contributed by atoms with E-state index in [4.69, 9.17) is 5.73 Å². The summed E-state index contributed by atoms with van der Waals surface area (Å²) < 4.78 is 0. The molecule has 2 rings (SSSR count). The molecule has 0 aromatic heterocycles. The Labute approximate surface area is 124 Å². The fourth-order valence-corrected chi connectivity index (χ4v) is 3.44. The lowest BCUT2D eigenvalue weighted by Gasteiger charge is -2.13. The summed E-state index contributed by atoms with van der Waals surface area (Å²) in [6.07, 6.45) is 1.85. The van der Waals surface area contributed by atoms with Gasteiger partial charge < -0.3 is 11.1 Å². The molecule has 3 N–H and O–H groups in total. The van der Waals surface area contributed by atoms with Gasteiger partial charge in [-0.15, -0.1) is 0 Å². The largest absolute Gasteiger partial charge is 0.326 e. The standard InChI is InChI=1S/C16H20N2OS/c1-2-13-10-12(4-3-8-17)5-6-15(13)18-16(19)14-7-9-20-11-14/h5-6,10,14H,2,7-9,11,17H2,1H3,(H,18,19). The fourth-order valence-electron chi connectivity index (χ4n) is 2.22. The van der Waals surface area contributed by atoms with Crippen LogP contribution in [0.15, 0.2) is 18.2 Å². The zero-order valence-corrected chi connectivity index (χ0v) is 12.6. The Morgan fingerprint density at radius 3 is 3.05 bits per heavy atom. The van der Waals surface area contributed by atoms with Crippen LogP contribution >= 0.6 is 11.8 Å². The van der Waals surface area contributed by atoms with Crippen LogP contribution in [0.5, 0.6) is 0 Å². The van der Waals surface area contributed by atoms with Gasteiger partial charge in [-0.2, -0.15) is 11.8 Å². The highest BCUT2D eigenvalue weighted by Gasteiger charge is 2.23. The minimum atomic E-state index is 0.144. The predicted molar refractivity (Wildman–Crippen MR) is 85.8 cm³/mol. The van der Waals surface area contributed by atoms with Crippen molar-refractivity contribution in [3.8, 4) is 11.8 Å². The Morgan fingerprint density at radius 2 is 2.40 bits per heavy atom. The van der Waals surface area contributed by atoms with Gasteiger partial charge in [0.25, 0.3) is 0 Å². The summed E-state index contributed by atoms with van der Waals surface area (Å²) >= 11 is 1.85. The number of hydrogen-bond donors (Lipinski definition) is 2. The van der Waals surface area contributed by atoms with E-state index in [9.17, 15) is 4.79 Å². The highest BCUT2D eigenvalue weighted by Crippen LogP contribution is 2.26. The molecule has 1 aromatic carbocycles. The number of rotatable bonds is 3. The summed E-state index contributed by atoms with van der Waals surface area (Å²) in [6, 6.07) is 5.90. The van der Waals surface area contributed by atoms with Crippen molar-refractivity contribution in [3.05, 3.63) is 29.3 Å². The quantitative estimate of drug-likeness (QED) is 0.839. The number of amides is 1. The second-order valence-corrected chi connectivity index (χ2v) is 5.93. The smallest absolute Gasteiger partial charge is 0.228 e. The molecular formula is C16H20N2OS. The molecule has 1 amide bonds. The summed E-state index contributed by atoms with van der Waals surface area (Å²) in [5.74, 6) is 8.20. The van der Waals surface area contributed by atoms with E-state index < -0.39 is 0 Å². The molecule has 20 heavy (non-hydrogen) atoms. The number of carbonyl (C=O) groups is 1. The van der Waals surface area contributed by atoms with Crippen molar-refractivity contribution >= 4 is 23.4 Å². The maximum absolute atomic E-state index is 12.2. The Morgan fingerprint density at radius 1 is 1.55 bits per heavy atom. The van der Waals surface area contributed by atoms with Gasteiger partial charge in [-0.1, -0.05) is 18.8 Å². The molecule has 0 saturated carbocycles. The van der Waals surface area contributed by atoms with Gasteiger partial charge in [-0.3, -0.25) is 4.79 Å². The van der Waals surface area contributed by atoms with E-state index in [0.29, 0.717) is 6.54 Å². The lowest BCUT2D eigenvalue weighted by Crippen LogP contribution is -2.23. The normalized spacial score (nSPS) is 17.4. The van der Waals surface area contributed by atoms with Crippen LogP contribution in [-0.4, -0.2) is 24.0 Å². The number of anilines is 1. The number of thioether (sulfide) groups is 1. The van der Waals surface area contributed by atoms with Crippen LogP contribution in [0, 0.1) is 17.8 Å². The van der Waals surface area contributed by atoms with Crippen molar-refractivity contribution in [2.45, 2.75) is 19.8 Å². The highest BCUT2D eigenvalue weighted by atomic mass is 32.2. The molecule has 1 atom stereocenters. The highest BCUT2D eigenvalue weighted by molar-refractivity contribution is 7.99. The molecule has 0 bridgehead atoms. The molecular weight excluding hydrogens is 268 g/mol. The van der Waals surface area contributed by atoms with E-state index in [-0.39, 0.29) is 11.8 Å². The Balaban J connectivity index is 2.12. The zero-order chi connectivity index (χ0) is 14.4. The lowest BCUT2D eigenvalue weighted by atomic mass is 10.0. The van der Waals surface area contributed by atoms with Crippen LogP contribution in [0.2, 0.25) is 0 Å². The number of nitrogens with one attached hydrogen (secondary N) is 1. The SMILES string of the molecule is CCc1cc(C#CCN)ccc1NC(=O)C1CCSC1. The van der Waals surface area contributed by atoms with Gasteiger partial charge in [0.05, 0.1) is 6.54 Å². The third-order valence-corrected chi connectivity index (χ3v) is 4.54. The third kappa shape index (κ3) is 3.78. The van der Waals surface area contributed by atoms with E-state index in [1.807, 2.05) is 30.0 Å². The first-order valence-corrected chi connectivity index (χ1v) is 8.10. The molecule has 4 heteroatoms. The second-order valence-electron chi connectivity index (χ2n) is 4.78. The van der Waals surface area contributed by atoms with E-state index in [1.54, 1.807) is 0 Å². The Kier molecular flexibility index (Phi) is 5.51.